The van der Waals surface area contributed by atoms with Crippen molar-refractivity contribution in [2.45, 2.75) is 87.1 Å². The largest absolute Gasteiger partial charge is 0.480 e. The van der Waals surface area contributed by atoms with Gasteiger partial charge in [-0.05, 0) is 64.2 Å². The molecule has 0 aromatic heterocycles. The van der Waals surface area contributed by atoms with Crippen LogP contribution in [0.15, 0.2) is 18.2 Å². The van der Waals surface area contributed by atoms with Crippen molar-refractivity contribution in [1.29, 1.82) is 0 Å². The Bertz CT molecular complexity index is 982. The molecule has 9 heteroatoms. The minimum Gasteiger partial charge on any atom is -0.480 e. The first-order chi connectivity index (χ1) is 17.0. The summed E-state index contributed by atoms with van der Waals surface area (Å²) in [4.78, 5) is 49.5. The van der Waals surface area contributed by atoms with Crippen molar-refractivity contribution >= 4 is 23.9 Å². The summed E-state index contributed by atoms with van der Waals surface area (Å²) in [6.45, 7) is 15.8. The minimum atomic E-state index is -1.34. The van der Waals surface area contributed by atoms with E-state index in [4.69, 9.17) is 19.9 Å². The van der Waals surface area contributed by atoms with Gasteiger partial charge in [0.1, 0.15) is 6.04 Å². The van der Waals surface area contributed by atoms with Crippen LogP contribution >= 0.6 is 0 Å². The Morgan fingerprint density at radius 1 is 0.892 bits per heavy atom. The first-order valence-electron chi connectivity index (χ1n) is 12.7. The second-order valence-electron chi connectivity index (χ2n) is 11.1. The van der Waals surface area contributed by atoms with Gasteiger partial charge in [0.2, 0.25) is 0 Å². The molecule has 0 radical (unpaired) electrons. The highest BCUT2D eigenvalue weighted by molar-refractivity contribution is 5.82. The number of rotatable bonds is 13. The molecule has 0 heterocycles. The highest BCUT2D eigenvalue weighted by Crippen LogP contribution is 2.38. The summed E-state index contributed by atoms with van der Waals surface area (Å²) < 4.78 is 16.7. The van der Waals surface area contributed by atoms with Crippen LogP contribution in [0.5, 0.6) is 11.5 Å². The van der Waals surface area contributed by atoms with Crippen molar-refractivity contribution in [2.75, 3.05) is 6.61 Å². The van der Waals surface area contributed by atoms with Crippen LogP contribution in [-0.4, -0.2) is 41.6 Å². The van der Waals surface area contributed by atoms with E-state index in [0.29, 0.717) is 18.4 Å². The summed E-state index contributed by atoms with van der Waals surface area (Å²) >= 11 is 0. The summed E-state index contributed by atoms with van der Waals surface area (Å²) in [5.74, 6) is -4.28. The Hall–Kier alpha value is -2.94. The normalized spacial score (nSPS) is 14.5. The summed E-state index contributed by atoms with van der Waals surface area (Å²) in [5.41, 5.74) is 4.92. The Balaban J connectivity index is 3.54. The molecule has 0 amide bonds. The molecule has 1 rings (SSSR count). The van der Waals surface area contributed by atoms with E-state index in [1.807, 2.05) is 13.8 Å². The first-order valence-corrected chi connectivity index (χ1v) is 12.7. The van der Waals surface area contributed by atoms with E-state index in [1.165, 1.54) is 12.1 Å². The average molecular weight is 522 g/mol. The molecule has 3 N–H and O–H groups in total. The predicted octanol–water partition coefficient (Wildman–Crippen LogP) is 4.70. The summed E-state index contributed by atoms with van der Waals surface area (Å²) in [5, 5.41) is 9.68. The lowest BCUT2D eigenvalue weighted by molar-refractivity contribution is -0.149. The van der Waals surface area contributed by atoms with E-state index in [2.05, 4.69) is 0 Å². The lowest BCUT2D eigenvalue weighted by Crippen LogP contribution is -2.41. The second kappa shape index (κ2) is 13.0. The molecule has 1 aromatic rings. The molecule has 0 saturated heterocycles. The fraction of sp³-hybridized carbons (Fsp3) is 0.643. The van der Waals surface area contributed by atoms with E-state index in [1.54, 1.807) is 54.5 Å². The van der Waals surface area contributed by atoms with E-state index < -0.39 is 52.6 Å². The highest BCUT2D eigenvalue weighted by atomic mass is 16.6. The minimum absolute atomic E-state index is 0.0155. The van der Waals surface area contributed by atoms with Crippen molar-refractivity contribution in [3.63, 3.8) is 0 Å². The molecule has 0 aliphatic heterocycles. The zero-order valence-corrected chi connectivity index (χ0v) is 23.5. The molecule has 2 unspecified atom stereocenters. The molecule has 0 fully saturated rings. The van der Waals surface area contributed by atoms with Crippen LogP contribution in [0.1, 0.15) is 86.6 Å². The fourth-order valence-corrected chi connectivity index (χ4v) is 3.19. The van der Waals surface area contributed by atoms with Crippen molar-refractivity contribution in [2.24, 2.45) is 28.4 Å². The third-order valence-electron chi connectivity index (χ3n) is 6.88. The molecular formula is C28H43NO8. The number of nitrogens with two attached hydrogens (primary N) is 1. The van der Waals surface area contributed by atoms with Crippen LogP contribution in [0.3, 0.4) is 0 Å². The Morgan fingerprint density at radius 3 is 1.81 bits per heavy atom. The van der Waals surface area contributed by atoms with Gasteiger partial charge in [-0.2, -0.15) is 0 Å². The van der Waals surface area contributed by atoms with Crippen molar-refractivity contribution in [3.8, 4) is 11.5 Å². The third kappa shape index (κ3) is 8.55. The Kier molecular flexibility index (Phi) is 11.3. The van der Waals surface area contributed by atoms with Gasteiger partial charge in [0.25, 0.3) is 0 Å². The van der Waals surface area contributed by atoms with Crippen molar-refractivity contribution in [1.82, 2.24) is 0 Å². The topological polar surface area (TPSA) is 142 Å². The van der Waals surface area contributed by atoms with E-state index in [-0.39, 0.29) is 24.0 Å². The number of hydrogen-bond donors (Lipinski definition) is 2. The lowest BCUT2D eigenvalue weighted by atomic mass is 9.82. The van der Waals surface area contributed by atoms with Gasteiger partial charge in [-0.15, -0.1) is 0 Å². The predicted molar refractivity (Wildman–Crippen MR) is 139 cm³/mol. The van der Waals surface area contributed by atoms with Gasteiger partial charge in [-0.3, -0.25) is 19.2 Å². The number of carbonyl (C=O) groups excluding carboxylic acids is 3. The number of ether oxygens (including phenoxy) is 3. The van der Waals surface area contributed by atoms with Gasteiger partial charge in [0, 0.05) is 5.92 Å². The van der Waals surface area contributed by atoms with Gasteiger partial charge in [-0.1, -0.05) is 40.7 Å². The molecule has 9 nitrogen and oxygen atoms in total. The second-order valence-corrected chi connectivity index (χ2v) is 11.1. The number of esters is 3. The maximum absolute atomic E-state index is 12.9. The van der Waals surface area contributed by atoms with Gasteiger partial charge in [0.05, 0.1) is 23.4 Å². The third-order valence-corrected chi connectivity index (χ3v) is 6.88. The quantitative estimate of drug-likeness (QED) is 0.279. The smallest absolute Gasteiger partial charge is 0.321 e. The van der Waals surface area contributed by atoms with E-state index >= 15 is 0 Å². The molecule has 208 valence electrons. The molecular weight excluding hydrogens is 478 g/mol. The first kappa shape index (κ1) is 32.1. The molecule has 3 atom stereocenters. The van der Waals surface area contributed by atoms with Gasteiger partial charge >= 0.3 is 23.9 Å². The molecule has 0 saturated carbocycles. The molecule has 1 aromatic carbocycles. The van der Waals surface area contributed by atoms with Crippen LogP contribution in [0, 0.1) is 22.7 Å². The zero-order chi connectivity index (χ0) is 28.7. The highest BCUT2D eigenvalue weighted by Gasteiger charge is 2.35. The number of aliphatic carboxylic acids is 1. The summed E-state index contributed by atoms with van der Waals surface area (Å²) in [7, 11) is 0. The van der Waals surface area contributed by atoms with Crippen molar-refractivity contribution < 1.29 is 38.5 Å². The molecule has 37 heavy (non-hydrogen) atoms. The molecule has 0 bridgehead atoms. The number of hydrogen-bond acceptors (Lipinski definition) is 8. The Labute approximate surface area is 220 Å². The number of benzene rings is 1. The maximum atomic E-state index is 12.9. The molecule has 0 aliphatic carbocycles. The van der Waals surface area contributed by atoms with Gasteiger partial charge in [0.15, 0.2) is 11.5 Å². The standard InChI is InChI=1S/C28H43NO8/c1-10-27(6,7)25(33)36-19-13-12-18(14-20(19)37-26(34)28(8,9)11-2)21(22(29)23(30)31)17(5)15-35-24(32)16(3)4/h12-14,16-17,21-22H,10-11,15,29H2,1-9H3,(H,30,31)/t17?,21?,22-/m0/s1. The maximum Gasteiger partial charge on any atom is 0.321 e. The number of carboxylic acids is 1. The summed E-state index contributed by atoms with van der Waals surface area (Å²) in [6.07, 6.45) is 1.04. The van der Waals surface area contributed by atoms with Gasteiger partial charge in [-0.25, -0.2) is 0 Å². The van der Waals surface area contributed by atoms with Crippen LogP contribution in [0.25, 0.3) is 0 Å². The summed E-state index contributed by atoms with van der Waals surface area (Å²) in [6, 6.07) is 3.18. The average Bonchev–Trinajstić information content (AvgIpc) is 2.83. The molecule has 0 spiro atoms. The molecule has 0 aliphatic rings. The lowest BCUT2D eigenvalue weighted by Gasteiger charge is -2.29. The van der Waals surface area contributed by atoms with E-state index in [9.17, 15) is 24.3 Å². The van der Waals surface area contributed by atoms with Crippen LogP contribution in [0.4, 0.5) is 0 Å². The monoisotopic (exact) mass is 521 g/mol. The SMILES string of the molecule is CCC(C)(C)C(=O)Oc1ccc(C(C(C)COC(=O)C(C)C)[C@H](N)C(=O)O)cc1OC(=O)C(C)(C)CC. The van der Waals surface area contributed by atoms with Crippen LogP contribution in [-0.2, 0) is 23.9 Å². The fourth-order valence-electron chi connectivity index (χ4n) is 3.19. The van der Waals surface area contributed by atoms with E-state index in [0.717, 1.165) is 0 Å². The van der Waals surface area contributed by atoms with Crippen molar-refractivity contribution in [3.05, 3.63) is 23.8 Å². The number of carbonyl (C=O) groups is 4. The van der Waals surface area contributed by atoms with Crippen LogP contribution < -0.4 is 15.2 Å². The van der Waals surface area contributed by atoms with Crippen LogP contribution in [0.2, 0.25) is 0 Å². The number of carboxylic acid groups (broad SMARTS) is 1. The Morgan fingerprint density at radius 2 is 1.38 bits per heavy atom. The zero-order valence-electron chi connectivity index (χ0n) is 23.5. The van der Waals surface area contributed by atoms with Gasteiger partial charge < -0.3 is 25.1 Å².